The zero-order valence-electron chi connectivity index (χ0n) is 18.5. The van der Waals surface area contributed by atoms with Crippen LogP contribution in [0.25, 0.3) is 11.1 Å². The number of carbonyl (C=O) groups excluding carboxylic acids is 3. The van der Waals surface area contributed by atoms with Gasteiger partial charge in [-0.15, -0.1) is 0 Å². The molecule has 0 aromatic heterocycles. The number of rotatable bonds is 6. The molecule has 3 amide bonds. The van der Waals surface area contributed by atoms with Crippen LogP contribution in [0, 0.1) is 0 Å². The highest BCUT2D eigenvalue weighted by Gasteiger charge is 2.40. The van der Waals surface area contributed by atoms with E-state index < -0.39 is 12.0 Å². The molecule has 2 aliphatic heterocycles. The van der Waals surface area contributed by atoms with E-state index in [4.69, 9.17) is 21.4 Å². The van der Waals surface area contributed by atoms with Crippen LogP contribution in [-0.4, -0.2) is 71.4 Å². The van der Waals surface area contributed by atoms with Gasteiger partial charge >= 0.3 is 5.97 Å². The van der Waals surface area contributed by atoms with Gasteiger partial charge < -0.3 is 25.0 Å². The second kappa shape index (κ2) is 9.72. The zero-order valence-corrected chi connectivity index (χ0v) is 19.3. The van der Waals surface area contributed by atoms with Crippen molar-refractivity contribution in [2.75, 3.05) is 32.1 Å². The number of piperazine rings is 1. The number of benzene rings is 2. The molecule has 2 aromatic rings. The SMILES string of the molecule is COc1ccc(Cl)cc1-c1ccc2c(c1)C(=O)N1CCN(C(=O)CCCC(=O)O)C[C@H]1C(=O)N2. The van der Waals surface area contributed by atoms with Crippen molar-refractivity contribution in [2.24, 2.45) is 0 Å². The van der Waals surface area contributed by atoms with Gasteiger partial charge in [0.25, 0.3) is 5.91 Å². The molecule has 0 aliphatic carbocycles. The summed E-state index contributed by atoms with van der Waals surface area (Å²) in [7, 11) is 1.55. The van der Waals surface area contributed by atoms with Crippen molar-refractivity contribution in [3.05, 3.63) is 47.0 Å². The molecule has 10 heteroatoms. The Labute approximate surface area is 201 Å². The lowest BCUT2D eigenvalue weighted by molar-refractivity contribution is -0.137. The van der Waals surface area contributed by atoms with Crippen LogP contribution in [0.15, 0.2) is 36.4 Å². The maximum absolute atomic E-state index is 13.5. The number of anilines is 1. The second-order valence-electron chi connectivity index (χ2n) is 8.20. The molecule has 0 radical (unpaired) electrons. The Hall–Kier alpha value is -3.59. The predicted molar refractivity (Wildman–Crippen MR) is 125 cm³/mol. The molecule has 0 bridgehead atoms. The van der Waals surface area contributed by atoms with Gasteiger partial charge in [-0.2, -0.15) is 0 Å². The Morgan fingerprint density at radius 1 is 1.12 bits per heavy atom. The molecule has 4 rings (SSSR count). The minimum Gasteiger partial charge on any atom is -0.496 e. The van der Waals surface area contributed by atoms with Gasteiger partial charge in [0.05, 0.1) is 24.9 Å². The van der Waals surface area contributed by atoms with E-state index in [9.17, 15) is 19.2 Å². The van der Waals surface area contributed by atoms with E-state index in [1.54, 1.807) is 43.5 Å². The topological polar surface area (TPSA) is 116 Å². The number of carboxylic acid groups (broad SMARTS) is 1. The molecule has 0 saturated carbocycles. The number of fused-ring (bicyclic) bond motifs is 2. The number of carbonyl (C=O) groups is 4. The Bertz CT molecular complexity index is 1170. The van der Waals surface area contributed by atoms with Crippen LogP contribution in [0.3, 0.4) is 0 Å². The molecule has 2 aromatic carbocycles. The Morgan fingerprint density at radius 3 is 2.65 bits per heavy atom. The van der Waals surface area contributed by atoms with Gasteiger partial charge in [0.15, 0.2) is 0 Å². The third kappa shape index (κ3) is 4.70. The summed E-state index contributed by atoms with van der Waals surface area (Å²) in [6.45, 7) is 0.538. The first kappa shape index (κ1) is 23.6. The number of hydrogen-bond donors (Lipinski definition) is 2. The summed E-state index contributed by atoms with van der Waals surface area (Å²) in [6.07, 6.45) is 0.216. The summed E-state index contributed by atoms with van der Waals surface area (Å²) < 4.78 is 5.43. The van der Waals surface area contributed by atoms with Crippen LogP contribution < -0.4 is 10.1 Å². The maximum atomic E-state index is 13.5. The molecule has 34 heavy (non-hydrogen) atoms. The van der Waals surface area contributed by atoms with E-state index in [-0.39, 0.29) is 56.6 Å². The van der Waals surface area contributed by atoms with Gasteiger partial charge in [-0.3, -0.25) is 19.2 Å². The Kier molecular flexibility index (Phi) is 6.74. The van der Waals surface area contributed by atoms with Crippen molar-refractivity contribution in [1.29, 1.82) is 0 Å². The minimum atomic E-state index is -0.959. The molecule has 0 unspecified atom stereocenters. The first-order chi connectivity index (χ1) is 16.3. The molecule has 2 aliphatic rings. The van der Waals surface area contributed by atoms with Gasteiger partial charge in [-0.05, 0) is 42.3 Å². The van der Waals surface area contributed by atoms with E-state index in [1.165, 1.54) is 9.80 Å². The van der Waals surface area contributed by atoms with Crippen molar-refractivity contribution < 1.29 is 29.0 Å². The molecule has 1 saturated heterocycles. The third-order valence-electron chi connectivity index (χ3n) is 6.06. The maximum Gasteiger partial charge on any atom is 0.303 e. The second-order valence-corrected chi connectivity index (χ2v) is 8.63. The van der Waals surface area contributed by atoms with Gasteiger partial charge in [0.1, 0.15) is 11.8 Å². The number of nitrogens with one attached hydrogen (secondary N) is 1. The van der Waals surface area contributed by atoms with Gasteiger partial charge in [-0.1, -0.05) is 17.7 Å². The fourth-order valence-corrected chi connectivity index (χ4v) is 4.47. The highest BCUT2D eigenvalue weighted by Crippen LogP contribution is 2.36. The van der Waals surface area contributed by atoms with Crippen molar-refractivity contribution in [3.8, 4) is 16.9 Å². The van der Waals surface area contributed by atoms with Crippen LogP contribution in [0.1, 0.15) is 29.6 Å². The van der Waals surface area contributed by atoms with E-state index in [2.05, 4.69) is 5.32 Å². The normalized spacial score (nSPS) is 17.4. The number of nitrogens with zero attached hydrogens (tertiary/aromatic N) is 2. The van der Waals surface area contributed by atoms with Gasteiger partial charge in [-0.25, -0.2) is 0 Å². The lowest BCUT2D eigenvalue weighted by Gasteiger charge is -2.39. The monoisotopic (exact) mass is 485 g/mol. The van der Waals surface area contributed by atoms with Crippen molar-refractivity contribution in [3.63, 3.8) is 0 Å². The highest BCUT2D eigenvalue weighted by molar-refractivity contribution is 6.31. The molecule has 1 atom stereocenters. The smallest absolute Gasteiger partial charge is 0.303 e. The molecule has 178 valence electrons. The van der Waals surface area contributed by atoms with E-state index >= 15 is 0 Å². The average molecular weight is 486 g/mol. The molecule has 2 N–H and O–H groups in total. The fraction of sp³-hybridized carbons (Fsp3) is 0.333. The molecule has 9 nitrogen and oxygen atoms in total. The Morgan fingerprint density at radius 2 is 1.91 bits per heavy atom. The number of carboxylic acids is 1. The van der Waals surface area contributed by atoms with Crippen molar-refractivity contribution >= 4 is 41.0 Å². The van der Waals surface area contributed by atoms with E-state index in [0.29, 0.717) is 27.6 Å². The molecule has 2 heterocycles. The first-order valence-corrected chi connectivity index (χ1v) is 11.3. The van der Waals surface area contributed by atoms with Crippen LogP contribution in [-0.2, 0) is 14.4 Å². The lowest BCUT2D eigenvalue weighted by atomic mass is 10.00. The summed E-state index contributed by atoms with van der Waals surface area (Å²) in [5, 5.41) is 12.1. The summed E-state index contributed by atoms with van der Waals surface area (Å²) in [6, 6.07) is 9.54. The van der Waals surface area contributed by atoms with Crippen molar-refractivity contribution in [1.82, 2.24) is 9.80 Å². The molecular weight excluding hydrogens is 462 g/mol. The van der Waals surface area contributed by atoms with Crippen LogP contribution in [0.2, 0.25) is 5.02 Å². The van der Waals surface area contributed by atoms with Crippen LogP contribution in [0.5, 0.6) is 5.75 Å². The number of ether oxygens (including phenoxy) is 1. The molecule has 0 spiro atoms. The molecule has 1 fully saturated rings. The third-order valence-corrected chi connectivity index (χ3v) is 6.29. The summed E-state index contributed by atoms with van der Waals surface area (Å²) >= 11 is 6.17. The van der Waals surface area contributed by atoms with Gasteiger partial charge in [0, 0.05) is 36.5 Å². The molecular formula is C24H24ClN3O6. The van der Waals surface area contributed by atoms with Gasteiger partial charge in [0.2, 0.25) is 11.8 Å². The summed E-state index contributed by atoms with van der Waals surface area (Å²) in [4.78, 5) is 52.6. The quantitative estimate of drug-likeness (QED) is 0.650. The number of hydrogen-bond acceptors (Lipinski definition) is 5. The lowest BCUT2D eigenvalue weighted by Crippen LogP contribution is -2.59. The van der Waals surface area contributed by atoms with Crippen molar-refractivity contribution in [2.45, 2.75) is 25.3 Å². The number of methoxy groups -OCH3 is 1. The Balaban J connectivity index is 1.58. The average Bonchev–Trinajstić information content (AvgIpc) is 2.92. The zero-order chi connectivity index (χ0) is 24.4. The summed E-state index contributed by atoms with van der Waals surface area (Å²) in [5.74, 6) is -1.26. The summed E-state index contributed by atoms with van der Waals surface area (Å²) in [5.41, 5.74) is 2.17. The van der Waals surface area contributed by atoms with Crippen LogP contribution >= 0.6 is 11.6 Å². The number of aliphatic carboxylic acids is 1. The van der Waals surface area contributed by atoms with E-state index in [1.807, 2.05) is 0 Å². The number of halogens is 1. The van der Waals surface area contributed by atoms with Crippen LogP contribution in [0.4, 0.5) is 5.69 Å². The highest BCUT2D eigenvalue weighted by atomic mass is 35.5. The predicted octanol–water partition coefficient (Wildman–Crippen LogP) is 2.88. The minimum absolute atomic E-state index is 0.0619. The fourth-order valence-electron chi connectivity index (χ4n) is 4.30. The first-order valence-electron chi connectivity index (χ1n) is 10.9. The number of amides is 3. The standard InChI is InChI=1S/C24H24ClN3O6/c1-34-20-8-6-15(25)12-16(20)14-5-7-18-17(11-14)24(33)28-10-9-27(13-19(28)23(32)26-18)21(29)3-2-4-22(30)31/h5-8,11-12,19H,2-4,9-10,13H2,1H3,(H,26,32)(H,30,31)/t19-/m0/s1. The van der Waals surface area contributed by atoms with E-state index in [0.717, 1.165) is 5.56 Å². The largest absolute Gasteiger partial charge is 0.496 e.